The second-order valence-corrected chi connectivity index (χ2v) is 9.37. The molecule has 1 fully saturated rings. The van der Waals surface area contributed by atoms with Gasteiger partial charge in [-0.05, 0) is 44.2 Å². The van der Waals surface area contributed by atoms with Gasteiger partial charge in [0, 0.05) is 11.8 Å². The number of aromatic nitrogens is 5. The van der Waals surface area contributed by atoms with E-state index >= 15 is 4.39 Å². The predicted octanol–water partition coefficient (Wildman–Crippen LogP) is 2.86. The quantitative estimate of drug-likeness (QED) is 0.571. The van der Waals surface area contributed by atoms with E-state index in [0.29, 0.717) is 10.6 Å². The number of aliphatic hydroxyl groups excluding tert-OH is 1. The molecular formula is C20H22FN7O5S. The number of cyclic esters (lactones) is 1. The minimum atomic E-state index is -0.786. The molecule has 4 rings (SSSR count). The number of amides is 2. The molecule has 180 valence electrons. The molecule has 2 amide bonds. The number of aliphatic hydroxyl groups is 1. The highest BCUT2D eigenvalue weighted by molar-refractivity contribution is 7.19. The first-order valence-corrected chi connectivity index (χ1v) is 11.0. The van der Waals surface area contributed by atoms with Crippen LogP contribution in [0.3, 0.4) is 0 Å². The van der Waals surface area contributed by atoms with E-state index in [4.69, 9.17) is 9.47 Å². The van der Waals surface area contributed by atoms with Gasteiger partial charge in [-0.2, -0.15) is 9.70 Å². The maximum Gasteiger partial charge on any atom is 0.423 e. The topological polar surface area (TPSA) is 136 Å². The molecular weight excluding hydrogens is 469 g/mol. The zero-order valence-electron chi connectivity index (χ0n) is 18.8. The Bertz CT molecular complexity index is 1220. The lowest BCUT2D eigenvalue weighted by molar-refractivity contribution is 0.0597. The van der Waals surface area contributed by atoms with Crippen LogP contribution in [0.5, 0.6) is 0 Å². The van der Waals surface area contributed by atoms with Gasteiger partial charge in [-0.15, -0.1) is 5.10 Å². The molecule has 3 heterocycles. The van der Waals surface area contributed by atoms with Crippen LogP contribution in [-0.2, 0) is 16.5 Å². The summed E-state index contributed by atoms with van der Waals surface area (Å²) in [5.74, 6) is -0.645. The Labute approximate surface area is 197 Å². The van der Waals surface area contributed by atoms with E-state index in [1.807, 2.05) is 0 Å². The standard InChI is InChI=1S/C20H22FN7O5S/c1-20(2,3)33-19(31)28(16-23-25-26(4)24-16)17-22-8-15(34-17)13-6-5-11(7-14(13)21)27-9-12(10-29)32-18(27)30/h5-8,12,29H,9-10H2,1-4H3/t12-/m1/s1. The van der Waals surface area contributed by atoms with Gasteiger partial charge in [0.2, 0.25) is 5.13 Å². The van der Waals surface area contributed by atoms with Crippen LogP contribution in [0.2, 0.25) is 0 Å². The first-order valence-electron chi connectivity index (χ1n) is 10.2. The van der Waals surface area contributed by atoms with Gasteiger partial charge >= 0.3 is 12.2 Å². The van der Waals surface area contributed by atoms with Crippen LogP contribution in [0.15, 0.2) is 24.4 Å². The molecule has 0 radical (unpaired) electrons. The van der Waals surface area contributed by atoms with Crippen LogP contribution in [0, 0.1) is 5.82 Å². The van der Waals surface area contributed by atoms with E-state index in [0.717, 1.165) is 16.2 Å². The normalized spacial score (nSPS) is 16.0. The fourth-order valence-corrected chi connectivity index (χ4v) is 4.04. The number of nitrogens with zero attached hydrogens (tertiary/aromatic N) is 7. The third-order valence-corrected chi connectivity index (χ3v) is 5.58. The molecule has 0 aliphatic carbocycles. The lowest BCUT2D eigenvalue weighted by atomic mass is 10.1. The van der Waals surface area contributed by atoms with Crippen molar-refractivity contribution in [3.05, 3.63) is 30.2 Å². The molecule has 1 atom stereocenters. The van der Waals surface area contributed by atoms with Crippen LogP contribution >= 0.6 is 11.3 Å². The number of anilines is 3. The van der Waals surface area contributed by atoms with Crippen LogP contribution in [-0.4, -0.2) is 67.3 Å². The van der Waals surface area contributed by atoms with E-state index in [9.17, 15) is 14.7 Å². The number of rotatable bonds is 5. The van der Waals surface area contributed by atoms with Gasteiger partial charge in [0.15, 0.2) is 0 Å². The summed E-state index contributed by atoms with van der Waals surface area (Å²) in [6.45, 7) is 4.96. The van der Waals surface area contributed by atoms with Gasteiger partial charge in [0.05, 0.1) is 30.8 Å². The summed E-state index contributed by atoms with van der Waals surface area (Å²) in [6.07, 6.45) is -0.663. The van der Waals surface area contributed by atoms with Crippen molar-refractivity contribution < 1.29 is 28.6 Å². The number of hydrogen-bond donors (Lipinski definition) is 1. The second-order valence-electron chi connectivity index (χ2n) is 8.36. The third-order valence-electron chi connectivity index (χ3n) is 4.57. The molecule has 14 heteroatoms. The first kappa shape index (κ1) is 23.5. The van der Waals surface area contributed by atoms with Gasteiger partial charge in [-0.1, -0.05) is 16.4 Å². The van der Waals surface area contributed by atoms with Gasteiger partial charge in [0.25, 0.3) is 5.95 Å². The summed E-state index contributed by atoms with van der Waals surface area (Å²) in [5, 5.41) is 21.0. The maximum absolute atomic E-state index is 15.0. The Hall–Kier alpha value is -3.65. The van der Waals surface area contributed by atoms with Gasteiger partial charge in [0.1, 0.15) is 17.5 Å². The van der Waals surface area contributed by atoms with E-state index in [1.54, 1.807) is 33.9 Å². The highest BCUT2D eigenvalue weighted by atomic mass is 32.1. The lowest BCUT2D eigenvalue weighted by Gasteiger charge is -2.23. The molecule has 1 aromatic carbocycles. The zero-order chi connectivity index (χ0) is 24.6. The maximum atomic E-state index is 15.0. The monoisotopic (exact) mass is 491 g/mol. The highest BCUT2D eigenvalue weighted by Gasteiger charge is 2.33. The molecule has 1 saturated heterocycles. The fourth-order valence-electron chi connectivity index (χ4n) is 3.11. The van der Waals surface area contributed by atoms with Crippen LogP contribution < -0.4 is 9.80 Å². The first-order chi connectivity index (χ1) is 16.1. The minimum Gasteiger partial charge on any atom is -0.443 e. The average molecular weight is 492 g/mol. The fraction of sp³-hybridized carbons (Fsp3) is 0.400. The van der Waals surface area contributed by atoms with E-state index in [1.165, 1.54) is 28.0 Å². The van der Waals surface area contributed by atoms with Crippen molar-refractivity contribution in [2.24, 2.45) is 7.05 Å². The molecule has 0 saturated carbocycles. The van der Waals surface area contributed by atoms with E-state index in [-0.39, 0.29) is 29.8 Å². The molecule has 12 nitrogen and oxygen atoms in total. The Morgan fingerprint density at radius 1 is 1.41 bits per heavy atom. The van der Waals surface area contributed by atoms with E-state index < -0.39 is 29.7 Å². The largest absolute Gasteiger partial charge is 0.443 e. The Balaban J connectivity index is 1.63. The summed E-state index contributed by atoms with van der Waals surface area (Å²) in [5.41, 5.74) is -0.271. The molecule has 0 spiro atoms. The number of aryl methyl sites for hydroxylation is 1. The van der Waals surface area contributed by atoms with Crippen LogP contribution in [0.25, 0.3) is 10.4 Å². The summed E-state index contributed by atoms with van der Waals surface area (Å²) in [6, 6.07) is 4.26. The zero-order valence-corrected chi connectivity index (χ0v) is 19.6. The van der Waals surface area contributed by atoms with Crippen LogP contribution in [0.4, 0.5) is 30.7 Å². The average Bonchev–Trinajstić information content (AvgIpc) is 3.47. The summed E-state index contributed by atoms with van der Waals surface area (Å²) >= 11 is 1.03. The minimum absolute atomic E-state index is 0.0422. The van der Waals surface area contributed by atoms with Gasteiger partial charge < -0.3 is 14.6 Å². The van der Waals surface area contributed by atoms with Crippen molar-refractivity contribution in [1.82, 2.24) is 25.2 Å². The Morgan fingerprint density at radius 2 is 2.18 bits per heavy atom. The van der Waals surface area contributed by atoms with Gasteiger partial charge in [-0.3, -0.25) is 4.90 Å². The van der Waals surface area contributed by atoms with Crippen molar-refractivity contribution >= 4 is 40.3 Å². The molecule has 1 N–H and O–H groups in total. The number of halogens is 1. The number of hydrogen-bond acceptors (Lipinski definition) is 10. The number of thiazole rings is 1. The van der Waals surface area contributed by atoms with Crippen molar-refractivity contribution in [2.45, 2.75) is 32.5 Å². The molecule has 0 unspecified atom stereocenters. The lowest BCUT2D eigenvalue weighted by Crippen LogP contribution is -2.34. The Kier molecular flexibility index (Phi) is 6.18. The number of benzene rings is 1. The molecule has 1 aliphatic heterocycles. The summed E-state index contributed by atoms with van der Waals surface area (Å²) < 4.78 is 25.5. The second kappa shape index (κ2) is 8.95. The molecule has 3 aromatic rings. The number of ether oxygens (including phenoxy) is 2. The van der Waals surface area contributed by atoms with Gasteiger partial charge in [-0.25, -0.2) is 19.0 Å². The van der Waals surface area contributed by atoms with E-state index in [2.05, 4.69) is 20.4 Å². The molecule has 1 aliphatic rings. The van der Waals surface area contributed by atoms with Crippen molar-refractivity contribution in [3.8, 4) is 10.4 Å². The molecule has 34 heavy (non-hydrogen) atoms. The Morgan fingerprint density at radius 3 is 2.76 bits per heavy atom. The SMILES string of the molecule is Cn1nnc(N(C(=O)OC(C)(C)C)c2ncc(-c3ccc(N4C[C@H](CO)OC4=O)cc3F)s2)n1. The number of tetrazole rings is 1. The molecule has 2 aromatic heterocycles. The van der Waals surface area contributed by atoms with Crippen molar-refractivity contribution in [2.75, 3.05) is 23.0 Å². The summed E-state index contributed by atoms with van der Waals surface area (Å²) in [4.78, 5) is 33.0. The van der Waals surface area contributed by atoms with Crippen molar-refractivity contribution in [1.29, 1.82) is 0 Å². The number of carbonyl (C=O) groups excluding carboxylic acids is 2. The number of carbonyl (C=O) groups is 2. The predicted molar refractivity (Wildman–Crippen MR) is 119 cm³/mol. The smallest absolute Gasteiger partial charge is 0.423 e. The highest BCUT2D eigenvalue weighted by Crippen LogP contribution is 2.37. The molecule has 0 bridgehead atoms. The third kappa shape index (κ3) is 4.82. The summed E-state index contributed by atoms with van der Waals surface area (Å²) in [7, 11) is 1.55. The van der Waals surface area contributed by atoms with Crippen LogP contribution in [0.1, 0.15) is 20.8 Å². The van der Waals surface area contributed by atoms with Crippen molar-refractivity contribution in [3.63, 3.8) is 0 Å².